The summed E-state index contributed by atoms with van der Waals surface area (Å²) in [6.45, 7) is 1.97. The van der Waals surface area contributed by atoms with Gasteiger partial charge in [0.2, 0.25) is 5.91 Å². The van der Waals surface area contributed by atoms with E-state index in [0.29, 0.717) is 18.7 Å². The first-order chi connectivity index (χ1) is 21.2. The Labute approximate surface area is 256 Å². The highest BCUT2D eigenvalue weighted by Crippen LogP contribution is 2.21. The Balaban J connectivity index is 1.52. The number of hydrogen-bond donors (Lipinski definition) is 2. The molecule has 0 aliphatic carbocycles. The first-order valence-electron chi connectivity index (χ1n) is 13.9. The van der Waals surface area contributed by atoms with Crippen molar-refractivity contribution in [1.29, 1.82) is 0 Å². The fraction of sp³-hybridized carbons (Fsp3) is 0.212. The van der Waals surface area contributed by atoms with Gasteiger partial charge in [0, 0.05) is 25.2 Å². The van der Waals surface area contributed by atoms with Crippen molar-refractivity contribution in [3.63, 3.8) is 0 Å². The zero-order valence-electron chi connectivity index (χ0n) is 24.4. The molecule has 2 amide bonds. The minimum absolute atomic E-state index is 0.0409. The number of carbonyl (C=O) groups excluding carboxylic acids is 2. The third-order valence-electron chi connectivity index (χ3n) is 6.73. The Kier molecular flexibility index (Phi) is 10.9. The standard InChI is InChI=1S/C33H34FN3O6S/c1-3-35-33(39)31(21-24-7-5-4-6-8-24)37(22-25-9-15-28(42-2)16-10-25)32(38)23-43-29-17-19-30(20-18-29)44(40,41)36-27-13-11-26(34)12-14-27/h4-20,31,36H,3,21-23H2,1-2H3,(H,35,39). The van der Waals surface area contributed by atoms with Crippen LogP contribution >= 0.6 is 0 Å². The molecule has 0 aliphatic rings. The van der Waals surface area contributed by atoms with Crippen molar-refractivity contribution in [1.82, 2.24) is 10.2 Å². The van der Waals surface area contributed by atoms with Crippen LogP contribution in [0.15, 0.2) is 108 Å². The fourth-order valence-corrected chi connectivity index (χ4v) is 5.51. The Morgan fingerprint density at radius 2 is 1.48 bits per heavy atom. The lowest BCUT2D eigenvalue weighted by molar-refractivity contribution is -0.142. The van der Waals surface area contributed by atoms with Gasteiger partial charge in [-0.05, 0) is 78.7 Å². The van der Waals surface area contributed by atoms with Gasteiger partial charge in [0.15, 0.2) is 6.61 Å². The van der Waals surface area contributed by atoms with Crippen LogP contribution in [0.2, 0.25) is 0 Å². The van der Waals surface area contributed by atoms with Crippen LogP contribution in [-0.4, -0.2) is 51.4 Å². The summed E-state index contributed by atoms with van der Waals surface area (Å²) in [5.74, 6) is -0.271. The molecule has 0 aromatic heterocycles. The van der Waals surface area contributed by atoms with Gasteiger partial charge in [0.1, 0.15) is 23.4 Å². The van der Waals surface area contributed by atoms with E-state index in [9.17, 15) is 22.4 Å². The van der Waals surface area contributed by atoms with Crippen LogP contribution in [-0.2, 0) is 32.6 Å². The second-order valence-corrected chi connectivity index (χ2v) is 11.5. The molecule has 0 bridgehead atoms. The highest BCUT2D eigenvalue weighted by Gasteiger charge is 2.30. The van der Waals surface area contributed by atoms with E-state index in [2.05, 4.69) is 10.0 Å². The fourth-order valence-electron chi connectivity index (χ4n) is 4.45. The summed E-state index contributed by atoms with van der Waals surface area (Å²) in [6.07, 6.45) is 0.294. The number of methoxy groups -OCH3 is 1. The molecule has 230 valence electrons. The van der Waals surface area contributed by atoms with Gasteiger partial charge in [0.05, 0.1) is 12.0 Å². The van der Waals surface area contributed by atoms with Crippen molar-refractivity contribution in [2.75, 3.05) is 25.0 Å². The van der Waals surface area contributed by atoms with Gasteiger partial charge in [-0.3, -0.25) is 14.3 Å². The maximum atomic E-state index is 13.7. The maximum absolute atomic E-state index is 13.7. The molecular weight excluding hydrogens is 585 g/mol. The summed E-state index contributed by atoms with van der Waals surface area (Å²) in [6, 6.07) is 26.3. The molecule has 4 aromatic carbocycles. The maximum Gasteiger partial charge on any atom is 0.261 e. The first-order valence-corrected chi connectivity index (χ1v) is 15.4. The van der Waals surface area contributed by atoms with Gasteiger partial charge in [-0.2, -0.15) is 0 Å². The quantitative estimate of drug-likeness (QED) is 0.210. The molecule has 0 saturated carbocycles. The summed E-state index contributed by atoms with van der Waals surface area (Å²) in [4.78, 5) is 28.4. The zero-order valence-corrected chi connectivity index (χ0v) is 25.2. The van der Waals surface area contributed by atoms with Crippen molar-refractivity contribution >= 4 is 27.5 Å². The van der Waals surface area contributed by atoms with E-state index in [0.717, 1.165) is 23.3 Å². The Hall–Kier alpha value is -4.90. The molecule has 0 heterocycles. The largest absolute Gasteiger partial charge is 0.497 e. The van der Waals surface area contributed by atoms with Crippen molar-refractivity contribution in [3.8, 4) is 11.5 Å². The number of benzene rings is 4. The molecular formula is C33H34FN3O6S. The zero-order chi connectivity index (χ0) is 31.5. The third kappa shape index (κ3) is 8.81. The predicted octanol–water partition coefficient (Wildman–Crippen LogP) is 4.79. The van der Waals surface area contributed by atoms with Crippen LogP contribution in [0.25, 0.3) is 0 Å². The van der Waals surface area contributed by atoms with Gasteiger partial charge in [0.25, 0.3) is 15.9 Å². The minimum atomic E-state index is -3.94. The number of nitrogens with zero attached hydrogens (tertiary/aromatic N) is 1. The second kappa shape index (κ2) is 15.0. The highest BCUT2D eigenvalue weighted by molar-refractivity contribution is 7.92. The molecule has 1 unspecified atom stereocenters. The van der Waals surface area contributed by atoms with Crippen LogP contribution in [0.5, 0.6) is 11.5 Å². The summed E-state index contributed by atoms with van der Waals surface area (Å²) in [5.41, 5.74) is 1.90. The lowest BCUT2D eigenvalue weighted by Crippen LogP contribution is -2.51. The van der Waals surface area contributed by atoms with Crippen molar-refractivity contribution in [2.24, 2.45) is 0 Å². The van der Waals surface area contributed by atoms with E-state index >= 15 is 0 Å². The van der Waals surface area contributed by atoms with Gasteiger partial charge < -0.3 is 19.7 Å². The van der Waals surface area contributed by atoms with Crippen LogP contribution in [0.1, 0.15) is 18.1 Å². The Bertz CT molecular complexity index is 1630. The van der Waals surface area contributed by atoms with Crippen LogP contribution in [0.3, 0.4) is 0 Å². The molecule has 2 N–H and O–H groups in total. The summed E-state index contributed by atoms with van der Waals surface area (Å²) >= 11 is 0. The van der Waals surface area contributed by atoms with Crippen molar-refractivity contribution in [2.45, 2.75) is 30.8 Å². The third-order valence-corrected chi connectivity index (χ3v) is 8.12. The predicted molar refractivity (Wildman–Crippen MR) is 165 cm³/mol. The first kappa shape index (κ1) is 32.0. The molecule has 9 nitrogen and oxygen atoms in total. The molecule has 0 saturated heterocycles. The molecule has 0 radical (unpaired) electrons. The molecule has 4 rings (SSSR count). The van der Waals surface area contributed by atoms with E-state index < -0.39 is 27.8 Å². The van der Waals surface area contributed by atoms with Crippen LogP contribution in [0, 0.1) is 5.82 Å². The van der Waals surface area contributed by atoms with E-state index in [-0.39, 0.29) is 35.4 Å². The van der Waals surface area contributed by atoms with Crippen molar-refractivity contribution < 1.29 is 31.9 Å². The number of anilines is 1. The average Bonchev–Trinajstić information content (AvgIpc) is 3.03. The molecule has 0 spiro atoms. The Morgan fingerprint density at radius 1 is 0.841 bits per heavy atom. The molecule has 44 heavy (non-hydrogen) atoms. The SMILES string of the molecule is CCNC(=O)C(Cc1ccccc1)N(Cc1ccc(OC)cc1)C(=O)COc1ccc(S(=O)(=O)Nc2ccc(F)cc2)cc1. The highest BCUT2D eigenvalue weighted by atomic mass is 32.2. The number of sulfonamides is 1. The smallest absolute Gasteiger partial charge is 0.261 e. The average molecular weight is 620 g/mol. The molecule has 4 aromatic rings. The van der Waals surface area contributed by atoms with Crippen molar-refractivity contribution in [3.05, 3.63) is 120 Å². The van der Waals surface area contributed by atoms with E-state index in [1.54, 1.807) is 19.2 Å². The summed E-state index contributed by atoms with van der Waals surface area (Å²) < 4.78 is 52.1. The van der Waals surface area contributed by atoms with E-state index in [1.165, 1.54) is 41.3 Å². The second-order valence-electron chi connectivity index (χ2n) is 9.84. The van der Waals surface area contributed by atoms with Crippen LogP contribution < -0.4 is 19.5 Å². The summed E-state index contributed by atoms with van der Waals surface area (Å²) in [5, 5.41) is 2.84. The number of rotatable bonds is 14. The number of nitrogens with one attached hydrogen (secondary N) is 2. The van der Waals surface area contributed by atoms with Gasteiger partial charge in [-0.25, -0.2) is 12.8 Å². The number of carbonyl (C=O) groups is 2. The van der Waals surface area contributed by atoms with Gasteiger partial charge in [-0.15, -0.1) is 0 Å². The minimum Gasteiger partial charge on any atom is -0.497 e. The lowest BCUT2D eigenvalue weighted by atomic mass is 10.0. The van der Waals surface area contributed by atoms with Gasteiger partial charge in [-0.1, -0.05) is 42.5 Å². The normalized spacial score (nSPS) is 11.7. The van der Waals surface area contributed by atoms with E-state index in [4.69, 9.17) is 9.47 Å². The molecule has 1 atom stereocenters. The number of ether oxygens (including phenoxy) is 2. The van der Waals surface area contributed by atoms with Gasteiger partial charge >= 0.3 is 0 Å². The summed E-state index contributed by atoms with van der Waals surface area (Å²) in [7, 11) is -2.37. The number of likely N-dealkylation sites (N-methyl/N-ethyl adjacent to an activating group) is 1. The number of hydrogen-bond acceptors (Lipinski definition) is 6. The monoisotopic (exact) mass is 619 g/mol. The molecule has 0 aliphatic heterocycles. The molecule has 0 fully saturated rings. The topological polar surface area (TPSA) is 114 Å². The lowest BCUT2D eigenvalue weighted by Gasteiger charge is -2.31. The van der Waals surface area contributed by atoms with Crippen LogP contribution in [0.4, 0.5) is 10.1 Å². The number of halogens is 1. The number of amides is 2. The Morgan fingerprint density at radius 3 is 2.09 bits per heavy atom. The molecule has 11 heteroatoms. The van der Waals surface area contributed by atoms with E-state index in [1.807, 2.05) is 49.4 Å².